The first-order valence-corrected chi connectivity index (χ1v) is 6.32. The number of aromatic nitrogens is 2. The standard InChI is InChI=1S/C15H20N2O/c1-5-12-14(18)13(11-9-7-6-8-10-11)17(16-12)15(2,3)4/h6-10,18H,5H2,1-4H3. The van der Waals surface area contributed by atoms with Crippen LogP contribution >= 0.6 is 0 Å². The highest BCUT2D eigenvalue weighted by molar-refractivity contribution is 5.68. The first-order chi connectivity index (χ1) is 8.45. The number of hydrogen-bond donors (Lipinski definition) is 1. The van der Waals surface area contributed by atoms with Crippen LogP contribution in [-0.2, 0) is 12.0 Å². The van der Waals surface area contributed by atoms with Gasteiger partial charge >= 0.3 is 0 Å². The predicted octanol–water partition coefficient (Wildman–Crippen LogP) is 3.57. The van der Waals surface area contributed by atoms with Crippen LogP contribution in [0.25, 0.3) is 11.3 Å². The van der Waals surface area contributed by atoms with Crippen molar-refractivity contribution < 1.29 is 5.11 Å². The molecule has 3 heteroatoms. The summed E-state index contributed by atoms with van der Waals surface area (Å²) in [7, 11) is 0. The molecule has 0 aliphatic carbocycles. The van der Waals surface area contributed by atoms with Crippen LogP contribution in [0.3, 0.4) is 0 Å². The van der Waals surface area contributed by atoms with Gasteiger partial charge in [0.2, 0.25) is 0 Å². The minimum atomic E-state index is -0.157. The van der Waals surface area contributed by atoms with Gasteiger partial charge < -0.3 is 5.11 Å². The van der Waals surface area contributed by atoms with Gasteiger partial charge in [-0.3, -0.25) is 4.68 Å². The van der Waals surface area contributed by atoms with Crippen molar-refractivity contribution in [3.05, 3.63) is 36.0 Å². The highest BCUT2D eigenvalue weighted by Crippen LogP contribution is 2.35. The lowest BCUT2D eigenvalue weighted by Crippen LogP contribution is -2.24. The second-order valence-corrected chi connectivity index (χ2v) is 5.45. The molecule has 18 heavy (non-hydrogen) atoms. The lowest BCUT2D eigenvalue weighted by Gasteiger charge is -2.22. The van der Waals surface area contributed by atoms with Gasteiger partial charge in [-0.25, -0.2) is 0 Å². The van der Waals surface area contributed by atoms with E-state index in [4.69, 9.17) is 0 Å². The van der Waals surface area contributed by atoms with E-state index >= 15 is 0 Å². The number of aryl methyl sites for hydroxylation is 1. The minimum Gasteiger partial charge on any atom is -0.504 e. The fraction of sp³-hybridized carbons (Fsp3) is 0.400. The van der Waals surface area contributed by atoms with Crippen molar-refractivity contribution in [1.29, 1.82) is 0 Å². The summed E-state index contributed by atoms with van der Waals surface area (Å²) in [6, 6.07) is 9.91. The molecule has 1 N–H and O–H groups in total. The molecule has 0 amide bonds. The molecular formula is C15H20N2O. The summed E-state index contributed by atoms with van der Waals surface area (Å²) in [5, 5.41) is 14.9. The van der Waals surface area contributed by atoms with Crippen LogP contribution < -0.4 is 0 Å². The van der Waals surface area contributed by atoms with E-state index in [1.165, 1.54) is 0 Å². The third-order valence-corrected chi connectivity index (χ3v) is 2.95. The molecule has 0 saturated carbocycles. The van der Waals surface area contributed by atoms with Crippen LogP contribution in [0.15, 0.2) is 30.3 Å². The van der Waals surface area contributed by atoms with Gasteiger partial charge in [0.1, 0.15) is 11.4 Å². The molecule has 0 radical (unpaired) electrons. The Kier molecular flexibility index (Phi) is 3.16. The maximum atomic E-state index is 10.3. The van der Waals surface area contributed by atoms with Crippen LogP contribution in [0.1, 0.15) is 33.4 Å². The molecule has 0 saturated heterocycles. The maximum absolute atomic E-state index is 10.3. The Labute approximate surface area is 108 Å². The van der Waals surface area contributed by atoms with Crippen LogP contribution in [0.5, 0.6) is 5.75 Å². The summed E-state index contributed by atoms with van der Waals surface area (Å²) in [6.07, 6.45) is 0.731. The van der Waals surface area contributed by atoms with Crippen molar-refractivity contribution in [3.8, 4) is 17.0 Å². The van der Waals surface area contributed by atoms with Gasteiger partial charge in [-0.15, -0.1) is 0 Å². The fourth-order valence-electron chi connectivity index (χ4n) is 2.03. The summed E-state index contributed by atoms with van der Waals surface area (Å²) in [4.78, 5) is 0. The zero-order valence-electron chi connectivity index (χ0n) is 11.4. The minimum absolute atomic E-state index is 0.157. The Morgan fingerprint density at radius 3 is 2.28 bits per heavy atom. The molecule has 0 fully saturated rings. The predicted molar refractivity (Wildman–Crippen MR) is 73.7 cm³/mol. The molecule has 96 valence electrons. The van der Waals surface area contributed by atoms with E-state index in [1.807, 2.05) is 41.9 Å². The van der Waals surface area contributed by atoms with Crippen molar-refractivity contribution in [2.45, 2.75) is 39.7 Å². The Hall–Kier alpha value is -1.77. The van der Waals surface area contributed by atoms with Gasteiger partial charge in [0.05, 0.1) is 5.54 Å². The summed E-state index contributed by atoms with van der Waals surface area (Å²) in [6.45, 7) is 8.27. The van der Waals surface area contributed by atoms with Crippen molar-refractivity contribution >= 4 is 0 Å². The second-order valence-electron chi connectivity index (χ2n) is 5.45. The van der Waals surface area contributed by atoms with E-state index in [9.17, 15) is 5.11 Å². The zero-order chi connectivity index (χ0) is 13.3. The van der Waals surface area contributed by atoms with E-state index in [0.29, 0.717) is 5.75 Å². The average Bonchev–Trinajstić information content (AvgIpc) is 2.67. The lowest BCUT2D eigenvalue weighted by atomic mass is 10.1. The Morgan fingerprint density at radius 2 is 1.78 bits per heavy atom. The molecule has 0 atom stereocenters. The molecule has 1 aromatic carbocycles. The highest BCUT2D eigenvalue weighted by Gasteiger charge is 2.24. The Bertz CT molecular complexity index is 536. The molecule has 2 rings (SSSR count). The number of benzene rings is 1. The first-order valence-electron chi connectivity index (χ1n) is 6.32. The van der Waals surface area contributed by atoms with Crippen molar-refractivity contribution in [3.63, 3.8) is 0 Å². The normalized spacial score (nSPS) is 11.8. The fourth-order valence-corrected chi connectivity index (χ4v) is 2.03. The number of aromatic hydroxyl groups is 1. The zero-order valence-corrected chi connectivity index (χ0v) is 11.4. The van der Waals surface area contributed by atoms with Crippen LogP contribution in [0, 0.1) is 0 Å². The van der Waals surface area contributed by atoms with Gasteiger partial charge in [0, 0.05) is 5.56 Å². The quantitative estimate of drug-likeness (QED) is 0.877. The summed E-state index contributed by atoms with van der Waals surface area (Å²) in [5.41, 5.74) is 2.40. The Morgan fingerprint density at radius 1 is 1.17 bits per heavy atom. The summed E-state index contributed by atoms with van der Waals surface area (Å²) < 4.78 is 1.91. The van der Waals surface area contributed by atoms with Crippen molar-refractivity contribution in [1.82, 2.24) is 9.78 Å². The van der Waals surface area contributed by atoms with Crippen molar-refractivity contribution in [2.24, 2.45) is 0 Å². The third-order valence-electron chi connectivity index (χ3n) is 2.95. The van der Waals surface area contributed by atoms with E-state index in [2.05, 4.69) is 25.9 Å². The molecule has 0 aliphatic heterocycles. The molecule has 0 spiro atoms. The van der Waals surface area contributed by atoms with Gasteiger partial charge in [-0.2, -0.15) is 5.10 Å². The van der Waals surface area contributed by atoms with Gasteiger partial charge in [0.25, 0.3) is 0 Å². The highest BCUT2D eigenvalue weighted by atomic mass is 16.3. The molecule has 0 aliphatic rings. The van der Waals surface area contributed by atoms with Crippen LogP contribution in [0.4, 0.5) is 0 Å². The molecular weight excluding hydrogens is 224 g/mol. The molecule has 0 bridgehead atoms. The van der Waals surface area contributed by atoms with Gasteiger partial charge in [-0.1, -0.05) is 37.3 Å². The van der Waals surface area contributed by atoms with E-state index in [-0.39, 0.29) is 5.54 Å². The first kappa shape index (κ1) is 12.7. The SMILES string of the molecule is CCc1nn(C(C)(C)C)c(-c2ccccc2)c1O. The monoisotopic (exact) mass is 244 g/mol. The topological polar surface area (TPSA) is 38.0 Å². The Balaban J connectivity index is 2.69. The molecule has 3 nitrogen and oxygen atoms in total. The average molecular weight is 244 g/mol. The number of hydrogen-bond acceptors (Lipinski definition) is 2. The third kappa shape index (κ3) is 2.13. The molecule has 1 aromatic heterocycles. The largest absolute Gasteiger partial charge is 0.504 e. The molecule has 1 heterocycles. The molecule has 0 unspecified atom stereocenters. The van der Waals surface area contributed by atoms with Crippen molar-refractivity contribution in [2.75, 3.05) is 0 Å². The molecule has 2 aromatic rings. The maximum Gasteiger partial charge on any atom is 0.164 e. The van der Waals surface area contributed by atoms with Gasteiger partial charge in [-0.05, 0) is 27.2 Å². The summed E-state index contributed by atoms with van der Waals surface area (Å²) >= 11 is 0. The van der Waals surface area contributed by atoms with E-state index in [1.54, 1.807) is 0 Å². The van der Waals surface area contributed by atoms with Crippen LogP contribution in [-0.4, -0.2) is 14.9 Å². The van der Waals surface area contributed by atoms with Crippen LogP contribution in [0.2, 0.25) is 0 Å². The smallest absolute Gasteiger partial charge is 0.164 e. The number of rotatable bonds is 2. The van der Waals surface area contributed by atoms with Gasteiger partial charge in [0.15, 0.2) is 5.75 Å². The number of nitrogens with zero attached hydrogens (tertiary/aromatic N) is 2. The van der Waals surface area contributed by atoms with E-state index in [0.717, 1.165) is 23.4 Å². The summed E-state index contributed by atoms with van der Waals surface area (Å²) in [5.74, 6) is 0.304. The van der Waals surface area contributed by atoms with E-state index < -0.39 is 0 Å². The second kappa shape index (κ2) is 4.48. The lowest BCUT2D eigenvalue weighted by molar-refractivity contribution is 0.356.